The summed E-state index contributed by atoms with van der Waals surface area (Å²) in [5.41, 5.74) is -0.667. The zero-order valence-corrected chi connectivity index (χ0v) is 10.6. The molecule has 1 N–H and O–H groups in total. The first-order valence-corrected chi connectivity index (χ1v) is 5.32. The summed E-state index contributed by atoms with van der Waals surface area (Å²) in [5.74, 6) is -1.93. The summed E-state index contributed by atoms with van der Waals surface area (Å²) in [5, 5.41) is 15.4. The largest absolute Gasteiger partial charge is 0.474 e. The van der Waals surface area contributed by atoms with Gasteiger partial charge in [-0.25, -0.2) is 14.5 Å². The molecule has 0 bridgehead atoms. The third kappa shape index (κ3) is 3.44. The maximum Gasteiger partial charge on any atom is 0.418 e. The van der Waals surface area contributed by atoms with E-state index in [9.17, 15) is 9.59 Å². The van der Waals surface area contributed by atoms with Crippen LogP contribution in [0.3, 0.4) is 0 Å². The second-order valence-corrected chi connectivity index (χ2v) is 4.42. The van der Waals surface area contributed by atoms with Crippen LogP contribution in [0.15, 0.2) is 4.42 Å². The Balaban J connectivity index is 2.88. The fourth-order valence-electron chi connectivity index (χ4n) is 1.07. The van der Waals surface area contributed by atoms with E-state index in [1.807, 2.05) is 0 Å². The molecule has 0 saturated heterocycles. The first-order valence-electron chi connectivity index (χ1n) is 5.32. The molecular weight excluding hydrogens is 242 g/mol. The van der Waals surface area contributed by atoms with Crippen LogP contribution in [0.25, 0.3) is 0 Å². The number of carboxylic acids is 1. The van der Waals surface area contributed by atoms with Gasteiger partial charge in [0, 0.05) is 6.54 Å². The van der Waals surface area contributed by atoms with Crippen molar-refractivity contribution >= 4 is 18.1 Å². The fraction of sp³-hybridized carbons (Fsp3) is 0.600. The quantitative estimate of drug-likeness (QED) is 0.874. The van der Waals surface area contributed by atoms with E-state index in [0.717, 1.165) is 4.90 Å². The number of aromatic nitrogens is 2. The fourth-order valence-corrected chi connectivity index (χ4v) is 1.07. The minimum atomic E-state index is -1.35. The summed E-state index contributed by atoms with van der Waals surface area (Å²) >= 11 is 0. The van der Waals surface area contributed by atoms with Gasteiger partial charge in [-0.3, -0.25) is 0 Å². The van der Waals surface area contributed by atoms with E-state index in [4.69, 9.17) is 14.3 Å². The summed E-state index contributed by atoms with van der Waals surface area (Å²) in [7, 11) is 0. The molecule has 1 aromatic heterocycles. The van der Waals surface area contributed by atoms with Crippen molar-refractivity contribution in [3.63, 3.8) is 0 Å². The van der Waals surface area contributed by atoms with Gasteiger partial charge in [0.1, 0.15) is 5.60 Å². The van der Waals surface area contributed by atoms with Crippen molar-refractivity contribution in [1.29, 1.82) is 0 Å². The van der Waals surface area contributed by atoms with E-state index in [1.54, 1.807) is 27.7 Å². The molecule has 0 spiro atoms. The van der Waals surface area contributed by atoms with Gasteiger partial charge in [-0.15, -0.1) is 0 Å². The van der Waals surface area contributed by atoms with Crippen molar-refractivity contribution in [2.24, 2.45) is 0 Å². The highest BCUT2D eigenvalue weighted by molar-refractivity contribution is 5.86. The SMILES string of the molecule is CCN(C(=O)OC(C)(C)C)c1nnc(C(=O)O)o1. The zero-order valence-electron chi connectivity index (χ0n) is 10.6. The van der Waals surface area contributed by atoms with Gasteiger partial charge < -0.3 is 14.3 Å². The number of anilines is 1. The van der Waals surface area contributed by atoms with Gasteiger partial charge in [0.15, 0.2) is 0 Å². The number of amides is 1. The molecule has 0 saturated carbocycles. The number of rotatable bonds is 3. The molecule has 8 nitrogen and oxygen atoms in total. The van der Waals surface area contributed by atoms with Crippen LogP contribution >= 0.6 is 0 Å². The van der Waals surface area contributed by atoms with E-state index in [0.29, 0.717) is 0 Å². The van der Waals surface area contributed by atoms with E-state index >= 15 is 0 Å². The monoisotopic (exact) mass is 257 g/mol. The predicted octanol–water partition coefficient (Wildman–Crippen LogP) is 1.53. The molecule has 0 unspecified atom stereocenters. The minimum absolute atomic E-state index is 0.204. The average molecular weight is 257 g/mol. The number of carbonyl (C=O) groups excluding carboxylic acids is 1. The van der Waals surface area contributed by atoms with Crippen LogP contribution in [0.2, 0.25) is 0 Å². The smallest absolute Gasteiger partial charge is 0.418 e. The van der Waals surface area contributed by atoms with Crippen LogP contribution in [-0.4, -0.2) is 39.5 Å². The first-order chi connectivity index (χ1) is 8.24. The van der Waals surface area contributed by atoms with Gasteiger partial charge >= 0.3 is 24.0 Å². The minimum Gasteiger partial charge on any atom is -0.474 e. The van der Waals surface area contributed by atoms with Gasteiger partial charge in [-0.2, -0.15) is 0 Å². The molecule has 0 radical (unpaired) electrons. The Hall–Kier alpha value is -2.12. The standard InChI is InChI=1S/C10H15N3O5/c1-5-13(9(16)18-10(2,3)4)8-12-11-6(17-8)7(14)15/h5H2,1-4H3,(H,14,15). The Morgan fingerprint density at radius 1 is 1.39 bits per heavy atom. The topological polar surface area (TPSA) is 106 Å². The van der Waals surface area contributed by atoms with Gasteiger partial charge in [0.05, 0.1) is 0 Å². The Morgan fingerprint density at radius 2 is 2.00 bits per heavy atom. The van der Waals surface area contributed by atoms with Gasteiger partial charge in [-0.1, -0.05) is 10.2 Å². The van der Waals surface area contributed by atoms with E-state index in [-0.39, 0.29) is 12.6 Å². The molecule has 0 atom stereocenters. The van der Waals surface area contributed by atoms with Crippen LogP contribution in [0, 0.1) is 0 Å². The van der Waals surface area contributed by atoms with Crippen LogP contribution < -0.4 is 4.90 Å². The van der Waals surface area contributed by atoms with Crippen LogP contribution in [0.1, 0.15) is 38.4 Å². The van der Waals surface area contributed by atoms with Crippen molar-refractivity contribution in [1.82, 2.24) is 10.2 Å². The van der Waals surface area contributed by atoms with Crippen LogP contribution in [-0.2, 0) is 4.74 Å². The van der Waals surface area contributed by atoms with Crippen molar-refractivity contribution in [3.05, 3.63) is 5.89 Å². The summed E-state index contributed by atoms with van der Waals surface area (Å²) in [6.45, 7) is 7.05. The molecule has 8 heteroatoms. The molecule has 1 aromatic rings. The summed E-state index contributed by atoms with van der Waals surface area (Å²) in [4.78, 5) is 23.5. The van der Waals surface area contributed by atoms with E-state index < -0.39 is 23.6 Å². The number of aromatic carboxylic acids is 1. The first kappa shape index (κ1) is 13.9. The zero-order chi connectivity index (χ0) is 13.9. The lowest BCUT2D eigenvalue weighted by Crippen LogP contribution is -2.37. The van der Waals surface area contributed by atoms with Gasteiger partial charge in [0.25, 0.3) is 0 Å². The van der Waals surface area contributed by atoms with Gasteiger partial charge in [0.2, 0.25) is 0 Å². The molecule has 100 valence electrons. The molecule has 0 aliphatic heterocycles. The summed E-state index contributed by atoms with van der Waals surface area (Å²) < 4.78 is 9.96. The van der Waals surface area contributed by atoms with E-state index in [1.165, 1.54) is 0 Å². The highest BCUT2D eigenvalue weighted by Gasteiger charge is 2.27. The number of ether oxygens (including phenoxy) is 1. The van der Waals surface area contributed by atoms with Crippen LogP contribution in [0.5, 0.6) is 0 Å². The molecule has 1 amide bonds. The highest BCUT2D eigenvalue weighted by atomic mass is 16.6. The molecule has 18 heavy (non-hydrogen) atoms. The second-order valence-electron chi connectivity index (χ2n) is 4.42. The molecule has 0 aliphatic rings. The van der Waals surface area contributed by atoms with Gasteiger partial charge in [-0.05, 0) is 27.7 Å². The van der Waals surface area contributed by atoms with Crippen molar-refractivity contribution in [2.45, 2.75) is 33.3 Å². The Labute approximate surface area is 104 Å². The Morgan fingerprint density at radius 3 is 2.39 bits per heavy atom. The predicted molar refractivity (Wildman–Crippen MR) is 60.5 cm³/mol. The number of hydrogen-bond donors (Lipinski definition) is 1. The van der Waals surface area contributed by atoms with Crippen LogP contribution in [0.4, 0.5) is 10.8 Å². The molecule has 1 rings (SSSR count). The van der Waals surface area contributed by atoms with Crippen molar-refractivity contribution in [2.75, 3.05) is 11.4 Å². The summed E-state index contributed by atoms with van der Waals surface area (Å²) in [6.07, 6.45) is -0.675. The highest BCUT2D eigenvalue weighted by Crippen LogP contribution is 2.16. The third-order valence-electron chi connectivity index (χ3n) is 1.76. The lowest BCUT2D eigenvalue weighted by molar-refractivity contribution is 0.0566. The number of carbonyl (C=O) groups is 2. The number of carboxylic acid groups (broad SMARTS) is 1. The maximum atomic E-state index is 11.8. The van der Waals surface area contributed by atoms with Crippen molar-refractivity contribution in [3.8, 4) is 0 Å². The average Bonchev–Trinajstić information content (AvgIpc) is 2.65. The molecule has 0 aliphatic carbocycles. The molecule has 1 heterocycles. The normalized spacial score (nSPS) is 11.1. The molecule has 0 aromatic carbocycles. The molecule has 0 fully saturated rings. The summed E-state index contributed by atoms with van der Waals surface area (Å²) in [6, 6.07) is -0.204. The number of hydrogen-bond acceptors (Lipinski definition) is 6. The second kappa shape index (κ2) is 5.03. The van der Waals surface area contributed by atoms with E-state index in [2.05, 4.69) is 10.2 Å². The Bertz CT molecular complexity index is 449. The lowest BCUT2D eigenvalue weighted by Gasteiger charge is -2.23. The maximum absolute atomic E-state index is 11.8. The third-order valence-corrected chi connectivity index (χ3v) is 1.76. The molecular formula is C10H15N3O5. The lowest BCUT2D eigenvalue weighted by atomic mass is 10.2. The Kier molecular flexibility index (Phi) is 3.89. The van der Waals surface area contributed by atoms with Crippen molar-refractivity contribution < 1.29 is 23.8 Å². The number of nitrogens with zero attached hydrogens (tertiary/aromatic N) is 3.